The molecule has 0 saturated heterocycles. The number of benzene rings is 1. The quantitative estimate of drug-likeness (QED) is 0.781. The van der Waals surface area contributed by atoms with E-state index in [1.807, 2.05) is 12.1 Å². The first kappa shape index (κ1) is 12.4. The van der Waals surface area contributed by atoms with Crippen molar-refractivity contribution in [1.82, 2.24) is 5.32 Å². The Morgan fingerprint density at radius 3 is 2.53 bits per heavy atom. The fourth-order valence-electron chi connectivity index (χ4n) is 2.24. The maximum absolute atomic E-state index is 5.17. The lowest BCUT2D eigenvalue weighted by molar-refractivity contribution is 0.414. The second-order valence-corrected chi connectivity index (χ2v) is 5.06. The third-order valence-electron chi connectivity index (χ3n) is 3.67. The van der Waals surface area contributed by atoms with Gasteiger partial charge in [0.1, 0.15) is 5.75 Å². The number of ether oxygens (including phenoxy) is 1. The standard InChI is InChI=1S/C15H23NO/c1-16-14(8-5-12-3-4-12)11-13-6-9-15(17-2)10-7-13/h6-7,9-10,12,14,16H,3-5,8,11H2,1-2H3. The normalized spacial score (nSPS) is 16.8. The van der Waals surface area contributed by atoms with Gasteiger partial charge in [0.2, 0.25) is 0 Å². The van der Waals surface area contributed by atoms with E-state index in [2.05, 4.69) is 24.5 Å². The molecule has 1 N–H and O–H groups in total. The van der Waals surface area contributed by atoms with Crippen LogP contribution in [-0.2, 0) is 6.42 Å². The third kappa shape index (κ3) is 4.04. The molecule has 0 aromatic heterocycles. The molecule has 0 spiro atoms. The third-order valence-corrected chi connectivity index (χ3v) is 3.67. The lowest BCUT2D eigenvalue weighted by Gasteiger charge is -2.16. The van der Waals surface area contributed by atoms with Crippen molar-refractivity contribution in [3.63, 3.8) is 0 Å². The van der Waals surface area contributed by atoms with Gasteiger partial charge < -0.3 is 10.1 Å². The number of likely N-dealkylation sites (N-methyl/N-ethyl adjacent to an activating group) is 1. The predicted molar refractivity (Wildman–Crippen MR) is 71.5 cm³/mol. The summed E-state index contributed by atoms with van der Waals surface area (Å²) in [6, 6.07) is 9.04. The average molecular weight is 233 g/mol. The summed E-state index contributed by atoms with van der Waals surface area (Å²) in [6.45, 7) is 0. The van der Waals surface area contributed by atoms with Crippen LogP contribution in [0, 0.1) is 5.92 Å². The average Bonchev–Trinajstić information content (AvgIpc) is 3.19. The van der Waals surface area contributed by atoms with Crippen molar-refractivity contribution >= 4 is 0 Å². The molecule has 1 aliphatic rings. The highest BCUT2D eigenvalue weighted by Crippen LogP contribution is 2.34. The van der Waals surface area contributed by atoms with Gasteiger partial charge in [0.05, 0.1) is 7.11 Å². The minimum absolute atomic E-state index is 0.615. The fraction of sp³-hybridized carbons (Fsp3) is 0.600. The van der Waals surface area contributed by atoms with Crippen molar-refractivity contribution in [2.45, 2.75) is 38.1 Å². The van der Waals surface area contributed by atoms with E-state index in [1.165, 1.54) is 31.2 Å². The number of methoxy groups -OCH3 is 1. The van der Waals surface area contributed by atoms with Gasteiger partial charge in [0.25, 0.3) is 0 Å². The van der Waals surface area contributed by atoms with Crippen molar-refractivity contribution in [3.05, 3.63) is 29.8 Å². The second-order valence-electron chi connectivity index (χ2n) is 5.06. The van der Waals surface area contributed by atoms with Crippen LogP contribution in [0.3, 0.4) is 0 Å². The van der Waals surface area contributed by atoms with Crippen LogP contribution in [0.1, 0.15) is 31.2 Å². The summed E-state index contributed by atoms with van der Waals surface area (Å²) in [7, 11) is 3.78. The highest BCUT2D eigenvalue weighted by molar-refractivity contribution is 5.27. The van der Waals surface area contributed by atoms with E-state index in [1.54, 1.807) is 7.11 Å². The van der Waals surface area contributed by atoms with Crippen LogP contribution < -0.4 is 10.1 Å². The fourth-order valence-corrected chi connectivity index (χ4v) is 2.24. The Kier molecular flexibility index (Phi) is 4.43. The largest absolute Gasteiger partial charge is 0.497 e. The van der Waals surface area contributed by atoms with E-state index in [9.17, 15) is 0 Å². The van der Waals surface area contributed by atoms with Gasteiger partial charge >= 0.3 is 0 Å². The molecule has 0 aliphatic heterocycles. The monoisotopic (exact) mass is 233 g/mol. The number of hydrogen-bond donors (Lipinski definition) is 1. The van der Waals surface area contributed by atoms with Crippen LogP contribution in [0.4, 0.5) is 0 Å². The highest BCUT2D eigenvalue weighted by Gasteiger charge is 2.22. The molecule has 1 atom stereocenters. The van der Waals surface area contributed by atoms with Crippen LogP contribution in [-0.4, -0.2) is 20.2 Å². The Morgan fingerprint density at radius 1 is 1.29 bits per heavy atom. The Bertz CT molecular complexity index is 329. The van der Waals surface area contributed by atoms with Crippen molar-refractivity contribution < 1.29 is 4.74 Å². The SMILES string of the molecule is CNC(CCC1CC1)Cc1ccc(OC)cc1. The molecule has 0 bridgehead atoms. The summed E-state index contributed by atoms with van der Waals surface area (Å²) in [5, 5.41) is 3.43. The van der Waals surface area contributed by atoms with Gasteiger partial charge in [0.15, 0.2) is 0 Å². The van der Waals surface area contributed by atoms with Crippen molar-refractivity contribution in [2.75, 3.05) is 14.2 Å². The lowest BCUT2D eigenvalue weighted by atomic mass is 10.0. The maximum Gasteiger partial charge on any atom is 0.118 e. The highest BCUT2D eigenvalue weighted by atomic mass is 16.5. The van der Waals surface area contributed by atoms with E-state index in [-0.39, 0.29) is 0 Å². The van der Waals surface area contributed by atoms with Crippen LogP contribution in [0.15, 0.2) is 24.3 Å². The molecule has 17 heavy (non-hydrogen) atoms. The summed E-state index contributed by atoms with van der Waals surface area (Å²) >= 11 is 0. The molecular weight excluding hydrogens is 210 g/mol. The molecule has 1 aromatic carbocycles. The molecule has 2 rings (SSSR count). The van der Waals surface area contributed by atoms with Crippen molar-refractivity contribution in [3.8, 4) is 5.75 Å². The number of rotatable bonds is 7. The molecule has 1 aromatic rings. The summed E-state index contributed by atoms with van der Waals surface area (Å²) in [6.07, 6.45) is 6.72. The summed E-state index contributed by atoms with van der Waals surface area (Å²) in [5.74, 6) is 1.97. The van der Waals surface area contributed by atoms with E-state index < -0.39 is 0 Å². The minimum atomic E-state index is 0.615. The van der Waals surface area contributed by atoms with Crippen LogP contribution in [0.5, 0.6) is 5.75 Å². The Labute approximate surface area is 104 Å². The van der Waals surface area contributed by atoms with Gasteiger partial charge in [-0.05, 0) is 49.9 Å². The molecule has 0 radical (unpaired) electrons. The Balaban J connectivity index is 1.82. The van der Waals surface area contributed by atoms with E-state index in [0.717, 1.165) is 18.1 Å². The van der Waals surface area contributed by atoms with Crippen molar-refractivity contribution in [2.24, 2.45) is 5.92 Å². The van der Waals surface area contributed by atoms with Gasteiger partial charge in [-0.15, -0.1) is 0 Å². The molecule has 0 heterocycles. The summed E-state index contributed by atoms with van der Waals surface area (Å²) in [5.41, 5.74) is 1.39. The maximum atomic E-state index is 5.17. The molecule has 0 amide bonds. The second kappa shape index (κ2) is 6.06. The minimum Gasteiger partial charge on any atom is -0.497 e. The zero-order chi connectivity index (χ0) is 12.1. The molecule has 1 aliphatic carbocycles. The summed E-state index contributed by atoms with van der Waals surface area (Å²) in [4.78, 5) is 0. The van der Waals surface area contributed by atoms with Crippen LogP contribution in [0.25, 0.3) is 0 Å². The Morgan fingerprint density at radius 2 is 2.00 bits per heavy atom. The smallest absolute Gasteiger partial charge is 0.118 e. The lowest BCUT2D eigenvalue weighted by Crippen LogP contribution is -2.27. The molecule has 1 fully saturated rings. The Hall–Kier alpha value is -1.02. The van der Waals surface area contributed by atoms with E-state index >= 15 is 0 Å². The first-order valence-corrected chi connectivity index (χ1v) is 6.62. The molecule has 1 unspecified atom stereocenters. The topological polar surface area (TPSA) is 21.3 Å². The first-order valence-electron chi connectivity index (χ1n) is 6.62. The molecule has 94 valence electrons. The zero-order valence-corrected chi connectivity index (χ0v) is 10.9. The van der Waals surface area contributed by atoms with Gasteiger partial charge in [-0.1, -0.05) is 25.0 Å². The van der Waals surface area contributed by atoms with Crippen LogP contribution in [0.2, 0.25) is 0 Å². The van der Waals surface area contributed by atoms with Gasteiger partial charge in [0, 0.05) is 6.04 Å². The van der Waals surface area contributed by atoms with Gasteiger partial charge in [-0.3, -0.25) is 0 Å². The molecule has 2 nitrogen and oxygen atoms in total. The number of nitrogens with one attached hydrogen (secondary N) is 1. The van der Waals surface area contributed by atoms with Crippen LogP contribution >= 0.6 is 0 Å². The van der Waals surface area contributed by atoms with E-state index in [0.29, 0.717) is 6.04 Å². The summed E-state index contributed by atoms with van der Waals surface area (Å²) < 4.78 is 5.17. The van der Waals surface area contributed by atoms with Crippen molar-refractivity contribution in [1.29, 1.82) is 0 Å². The van der Waals surface area contributed by atoms with Gasteiger partial charge in [-0.25, -0.2) is 0 Å². The number of hydrogen-bond acceptors (Lipinski definition) is 2. The molecule has 2 heteroatoms. The van der Waals surface area contributed by atoms with E-state index in [4.69, 9.17) is 4.74 Å². The van der Waals surface area contributed by atoms with Gasteiger partial charge in [-0.2, -0.15) is 0 Å². The zero-order valence-electron chi connectivity index (χ0n) is 10.9. The first-order chi connectivity index (χ1) is 8.31. The predicted octanol–water partition coefficient (Wildman–Crippen LogP) is 3.02. The molecule has 1 saturated carbocycles. The molecular formula is C15H23NO.